The van der Waals surface area contributed by atoms with Crippen LogP contribution in [0, 0.1) is 6.92 Å². The summed E-state index contributed by atoms with van der Waals surface area (Å²) in [5.41, 5.74) is 2.95. The Balaban J connectivity index is 1.95. The first kappa shape index (κ1) is 26.3. The average Bonchev–Trinajstić information content (AvgIpc) is 3.09. The van der Waals surface area contributed by atoms with Gasteiger partial charge in [-0.3, -0.25) is 9.13 Å². The van der Waals surface area contributed by atoms with Crippen LogP contribution in [-0.4, -0.2) is 52.7 Å². The van der Waals surface area contributed by atoms with Crippen LogP contribution < -0.4 is 15.2 Å². The minimum atomic E-state index is -3.64. The topological polar surface area (TPSA) is 105 Å². The number of aryl methyl sites for hydroxylation is 2. The van der Waals surface area contributed by atoms with Crippen LogP contribution in [0.5, 0.6) is 11.6 Å². The van der Waals surface area contributed by atoms with Gasteiger partial charge in [0.1, 0.15) is 9.84 Å². The maximum atomic E-state index is 13.5. The molecule has 12 heteroatoms. The number of sulfone groups is 1. The molecule has 1 atom stereocenters. The molecular weight excluding hydrogens is 506 g/mol. The van der Waals surface area contributed by atoms with E-state index in [1.165, 1.54) is 21.3 Å². The highest BCUT2D eigenvalue weighted by molar-refractivity contribution is 7.90. The summed E-state index contributed by atoms with van der Waals surface area (Å²) in [6.07, 6.45) is 2.68. The number of hydrogen-bond acceptors (Lipinski definition) is 7. The van der Waals surface area contributed by atoms with Crippen molar-refractivity contribution < 1.29 is 26.7 Å². The highest BCUT2D eigenvalue weighted by atomic mass is 32.2. The molecule has 0 amide bonds. The lowest BCUT2D eigenvalue weighted by Gasteiger charge is -2.19. The van der Waals surface area contributed by atoms with Crippen LogP contribution in [0.2, 0.25) is 0 Å². The maximum Gasteiger partial charge on any atom is 0.387 e. The molecule has 3 aromatic heterocycles. The van der Waals surface area contributed by atoms with E-state index in [2.05, 4.69) is 14.7 Å². The lowest BCUT2D eigenvalue weighted by Crippen LogP contribution is -2.31. The van der Waals surface area contributed by atoms with Gasteiger partial charge in [-0.15, -0.1) is 0 Å². The van der Waals surface area contributed by atoms with E-state index in [1.54, 1.807) is 20.2 Å². The van der Waals surface area contributed by atoms with Crippen molar-refractivity contribution in [1.82, 2.24) is 19.1 Å². The molecule has 0 aliphatic heterocycles. The third-order valence-electron chi connectivity index (χ3n) is 5.89. The molecule has 3 heterocycles. The molecule has 0 bridgehead atoms. The van der Waals surface area contributed by atoms with Crippen LogP contribution in [0.1, 0.15) is 24.2 Å². The number of nitrogens with zero attached hydrogens (tertiary/aromatic N) is 4. The monoisotopic (exact) mass is 532 g/mol. The van der Waals surface area contributed by atoms with Gasteiger partial charge in [-0.05, 0) is 37.1 Å². The molecule has 0 aliphatic carbocycles. The predicted molar refractivity (Wildman–Crippen MR) is 135 cm³/mol. The Morgan fingerprint density at radius 3 is 2.43 bits per heavy atom. The van der Waals surface area contributed by atoms with Gasteiger partial charge in [0, 0.05) is 25.1 Å². The number of pyridine rings is 2. The van der Waals surface area contributed by atoms with Gasteiger partial charge in [-0.2, -0.15) is 8.78 Å². The SMILES string of the molecule is CCOc1nc([C@@H](CS(C)(=O)=O)n2c(=O)n(C)c3c(C)c(-c4ccccc4)cnc32)ccc1OC(F)F. The van der Waals surface area contributed by atoms with Crippen LogP contribution in [0.25, 0.3) is 22.3 Å². The third-order valence-corrected chi connectivity index (χ3v) is 6.81. The van der Waals surface area contributed by atoms with Crippen LogP contribution in [0.3, 0.4) is 0 Å². The minimum absolute atomic E-state index is 0.101. The molecule has 0 radical (unpaired) electrons. The van der Waals surface area contributed by atoms with Gasteiger partial charge in [0.2, 0.25) is 0 Å². The fourth-order valence-electron chi connectivity index (χ4n) is 4.33. The second kappa shape index (κ2) is 10.3. The summed E-state index contributed by atoms with van der Waals surface area (Å²) >= 11 is 0. The van der Waals surface area contributed by atoms with Gasteiger partial charge in [0.25, 0.3) is 5.88 Å². The van der Waals surface area contributed by atoms with Crippen LogP contribution >= 0.6 is 0 Å². The van der Waals surface area contributed by atoms with Crippen molar-refractivity contribution in [3.05, 3.63) is 70.4 Å². The molecule has 0 fully saturated rings. The highest BCUT2D eigenvalue weighted by Crippen LogP contribution is 2.33. The fraction of sp³-hybridized carbons (Fsp3) is 0.320. The van der Waals surface area contributed by atoms with E-state index in [-0.39, 0.29) is 29.6 Å². The molecule has 0 unspecified atom stereocenters. The number of fused-ring (bicyclic) bond motifs is 1. The van der Waals surface area contributed by atoms with Gasteiger partial charge in [0.15, 0.2) is 11.4 Å². The summed E-state index contributed by atoms with van der Waals surface area (Å²) in [7, 11) is -2.06. The summed E-state index contributed by atoms with van der Waals surface area (Å²) in [4.78, 5) is 22.4. The number of alkyl halides is 2. The lowest BCUT2D eigenvalue weighted by atomic mass is 10.0. The van der Waals surface area contributed by atoms with Crippen LogP contribution in [0.15, 0.2) is 53.5 Å². The van der Waals surface area contributed by atoms with Crippen molar-refractivity contribution in [3.63, 3.8) is 0 Å². The Hall–Kier alpha value is -3.80. The average molecular weight is 533 g/mol. The molecule has 4 aromatic rings. The molecular formula is C25H26F2N4O5S. The van der Waals surface area contributed by atoms with E-state index < -0.39 is 33.9 Å². The van der Waals surface area contributed by atoms with E-state index in [4.69, 9.17) is 4.74 Å². The Kier molecular flexibility index (Phi) is 7.30. The first-order chi connectivity index (χ1) is 17.5. The summed E-state index contributed by atoms with van der Waals surface area (Å²) in [6.45, 7) is 0.499. The number of halogens is 2. The number of rotatable bonds is 9. The van der Waals surface area contributed by atoms with E-state index in [9.17, 15) is 22.0 Å². The molecule has 9 nitrogen and oxygen atoms in total. The molecule has 1 aromatic carbocycles. The van der Waals surface area contributed by atoms with Gasteiger partial charge >= 0.3 is 12.3 Å². The van der Waals surface area contributed by atoms with Crippen molar-refractivity contribution >= 4 is 21.0 Å². The molecule has 196 valence electrons. The quantitative estimate of drug-likeness (QED) is 0.323. The summed E-state index contributed by atoms with van der Waals surface area (Å²) < 4.78 is 63.2. The van der Waals surface area contributed by atoms with Gasteiger partial charge < -0.3 is 9.47 Å². The zero-order chi connectivity index (χ0) is 26.9. The third kappa shape index (κ3) is 5.33. The van der Waals surface area contributed by atoms with E-state index >= 15 is 0 Å². The number of hydrogen-bond donors (Lipinski definition) is 0. The molecule has 0 spiro atoms. The van der Waals surface area contributed by atoms with Crippen molar-refractivity contribution in [2.45, 2.75) is 26.5 Å². The first-order valence-corrected chi connectivity index (χ1v) is 13.5. The smallest absolute Gasteiger partial charge is 0.387 e. The molecule has 37 heavy (non-hydrogen) atoms. The number of imidazole rings is 1. The highest BCUT2D eigenvalue weighted by Gasteiger charge is 2.29. The Morgan fingerprint density at radius 1 is 1.11 bits per heavy atom. The van der Waals surface area contributed by atoms with Gasteiger partial charge in [0.05, 0.1) is 29.6 Å². The zero-order valence-electron chi connectivity index (χ0n) is 20.7. The Labute approximate surface area is 212 Å². The number of aromatic nitrogens is 4. The fourth-order valence-corrected chi connectivity index (χ4v) is 5.22. The van der Waals surface area contributed by atoms with Crippen molar-refractivity contribution in [2.24, 2.45) is 7.05 Å². The van der Waals surface area contributed by atoms with Gasteiger partial charge in [-0.25, -0.2) is 23.2 Å². The molecule has 0 N–H and O–H groups in total. The largest absolute Gasteiger partial charge is 0.475 e. The molecule has 0 aliphatic rings. The van der Waals surface area contributed by atoms with Gasteiger partial charge in [-0.1, -0.05) is 30.3 Å². The summed E-state index contributed by atoms with van der Waals surface area (Å²) in [5, 5.41) is 0. The second-order valence-electron chi connectivity index (χ2n) is 8.51. The van der Waals surface area contributed by atoms with Crippen molar-refractivity contribution in [2.75, 3.05) is 18.6 Å². The first-order valence-electron chi connectivity index (χ1n) is 11.4. The zero-order valence-corrected chi connectivity index (χ0v) is 21.5. The van der Waals surface area contributed by atoms with E-state index in [1.807, 2.05) is 37.3 Å². The second-order valence-corrected chi connectivity index (χ2v) is 10.7. The summed E-state index contributed by atoms with van der Waals surface area (Å²) in [5.74, 6) is -1.02. The van der Waals surface area contributed by atoms with E-state index in [0.717, 1.165) is 22.9 Å². The molecule has 4 rings (SSSR count). The van der Waals surface area contributed by atoms with Crippen LogP contribution in [-0.2, 0) is 16.9 Å². The minimum Gasteiger partial charge on any atom is -0.475 e. The Morgan fingerprint density at radius 2 is 1.81 bits per heavy atom. The summed E-state index contributed by atoms with van der Waals surface area (Å²) in [6, 6.07) is 11.0. The number of benzene rings is 1. The lowest BCUT2D eigenvalue weighted by molar-refractivity contribution is -0.0518. The van der Waals surface area contributed by atoms with Crippen molar-refractivity contribution in [3.8, 4) is 22.8 Å². The maximum absolute atomic E-state index is 13.5. The van der Waals surface area contributed by atoms with Crippen molar-refractivity contribution in [1.29, 1.82) is 0 Å². The normalized spacial score (nSPS) is 12.7. The standard InChI is InChI=1S/C25H26F2N4O5S/c1-5-35-23-20(36-24(26)27)12-11-18(29-23)19(14-37(4,33)34)31-22-21(30(3)25(31)32)15(2)17(13-28-22)16-9-7-6-8-10-16/h6-13,19,24H,5,14H2,1-4H3/t19-/m1/s1. The Bertz CT molecular complexity index is 1600. The molecule has 0 saturated heterocycles. The molecule has 0 saturated carbocycles. The van der Waals surface area contributed by atoms with E-state index in [0.29, 0.717) is 5.52 Å². The predicted octanol–water partition coefficient (Wildman–Crippen LogP) is 3.74. The van der Waals surface area contributed by atoms with Crippen LogP contribution in [0.4, 0.5) is 8.78 Å². The number of ether oxygens (including phenoxy) is 2.